The van der Waals surface area contributed by atoms with Crippen molar-refractivity contribution in [3.05, 3.63) is 58.9 Å². The highest BCUT2D eigenvalue weighted by atomic mass is 32.1. The predicted octanol–water partition coefficient (Wildman–Crippen LogP) is 6.00. The zero-order valence-electron chi connectivity index (χ0n) is 15.4. The van der Waals surface area contributed by atoms with Crippen LogP contribution in [0.15, 0.2) is 30.3 Å². The molecule has 1 saturated heterocycles. The van der Waals surface area contributed by atoms with Crippen LogP contribution in [-0.2, 0) is 16.1 Å². The summed E-state index contributed by atoms with van der Waals surface area (Å²) in [4.78, 5) is 0. The highest BCUT2D eigenvalue weighted by Gasteiger charge is 2.28. The van der Waals surface area contributed by atoms with Gasteiger partial charge >= 0.3 is 0 Å². The fourth-order valence-corrected chi connectivity index (χ4v) is 3.69. The summed E-state index contributed by atoms with van der Waals surface area (Å²) in [6.07, 6.45) is 1.28. The standard InChI is InChI=1S/C21H22F4O2S/c1-2-3-20(28)14-10-26-21(27-11-14)12-4-5-15(17(23)6-12)13-7-18(24)16(9-22)19(25)8-13/h4-8,14,20-21,28H,2-3,9-11H2,1H3. The quantitative estimate of drug-likeness (QED) is 0.462. The summed E-state index contributed by atoms with van der Waals surface area (Å²) < 4.78 is 66.3. The van der Waals surface area contributed by atoms with E-state index in [0.29, 0.717) is 18.8 Å². The van der Waals surface area contributed by atoms with Crippen LogP contribution in [0, 0.1) is 23.4 Å². The number of hydrogen-bond acceptors (Lipinski definition) is 3. The van der Waals surface area contributed by atoms with E-state index >= 15 is 0 Å². The first-order chi connectivity index (χ1) is 13.4. The number of ether oxygens (including phenoxy) is 2. The lowest BCUT2D eigenvalue weighted by Gasteiger charge is -2.32. The minimum Gasteiger partial charge on any atom is -0.348 e. The minimum absolute atomic E-state index is 0.000670. The van der Waals surface area contributed by atoms with Gasteiger partial charge in [0.1, 0.15) is 24.1 Å². The van der Waals surface area contributed by atoms with Crippen molar-refractivity contribution in [2.24, 2.45) is 5.92 Å². The molecule has 0 radical (unpaired) electrons. The fourth-order valence-electron chi connectivity index (χ4n) is 3.26. The average molecular weight is 414 g/mol. The summed E-state index contributed by atoms with van der Waals surface area (Å²) in [6.45, 7) is 1.75. The second-order valence-electron chi connectivity index (χ2n) is 6.91. The Labute approximate surface area is 167 Å². The van der Waals surface area contributed by atoms with Gasteiger partial charge < -0.3 is 9.47 Å². The van der Waals surface area contributed by atoms with E-state index in [9.17, 15) is 17.6 Å². The van der Waals surface area contributed by atoms with Crippen LogP contribution in [0.3, 0.4) is 0 Å². The van der Waals surface area contributed by atoms with E-state index < -0.39 is 36.0 Å². The number of thiol groups is 1. The van der Waals surface area contributed by atoms with Crippen LogP contribution in [0.25, 0.3) is 11.1 Å². The van der Waals surface area contributed by atoms with Gasteiger partial charge in [-0.15, -0.1) is 0 Å². The molecule has 1 heterocycles. The van der Waals surface area contributed by atoms with Gasteiger partial charge in [0.15, 0.2) is 6.29 Å². The van der Waals surface area contributed by atoms with E-state index in [2.05, 4.69) is 19.6 Å². The van der Waals surface area contributed by atoms with Crippen molar-refractivity contribution in [2.45, 2.75) is 38.0 Å². The number of hydrogen-bond donors (Lipinski definition) is 1. The molecule has 0 aliphatic carbocycles. The summed E-state index contributed by atoms with van der Waals surface area (Å²) >= 11 is 4.57. The van der Waals surface area contributed by atoms with Crippen molar-refractivity contribution in [2.75, 3.05) is 13.2 Å². The molecule has 0 aromatic heterocycles. The normalized spacial score (nSPS) is 20.9. The summed E-state index contributed by atoms with van der Waals surface area (Å²) in [5.41, 5.74) is -0.171. The Kier molecular flexibility index (Phi) is 7.01. The number of rotatable bonds is 6. The Hall–Kier alpha value is -1.57. The lowest BCUT2D eigenvalue weighted by Crippen LogP contribution is -2.33. The molecule has 1 fully saturated rings. The molecule has 152 valence electrons. The third kappa shape index (κ3) is 4.53. The molecule has 1 aliphatic heterocycles. The fraction of sp³-hybridized carbons (Fsp3) is 0.429. The average Bonchev–Trinajstić information content (AvgIpc) is 2.68. The van der Waals surface area contributed by atoms with E-state index in [1.165, 1.54) is 12.1 Å². The molecule has 2 aromatic rings. The molecule has 1 atom stereocenters. The van der Waals surface area contributed by atoms with Gasteiger partial charge in [-0.3, -0.25) is 0 Å². The Bertz CT molecular complexity index is 799. The molecule has 2 nitrogen and oxygen atoms in total. The Morgan fingerprint density at radius 2 is 1.68 bits per heavy atom. The van der Waals surface area contributed by atoms with Gasteiger partial charge in [0.25, 0.3) is 0 Å². The van der Waals surface area contributed by atoms with Crippen LogP contribution in [0.4, 0.5) is 17.6 Å². The van der Waals surface area contributed by atoms with E-state index in [-0.39, 0.29) is 22.3 Å². The molecule has 0 N–H and O–H groups in total. The summed E-state index contributed by atoms with van der Waals surface area (Å²) in [5, 5.41) is 0.183. The largest absolute Gasteiger partial charge is 0.348 e. The van der Waals surface area contributed by atoms with Crippen molar-refractivity contribution in [3.63, 3.8) is 0 Å². The molecule has 7 heteroatoms. The first kappa shape index (κ1) is 21.1. The van der Waals surface area contributed by atoms with Crippen molar-refractivity contribution in [3.8, 4) is 11.1 Å². The van der Waals surface area contributed by atoms with E-state index in [0.717, 1.165) is 25.0 Å². The molecule has 0 amide bonds. The van der Waals surface area contributed by atoms with Crippen LogP contribution in [-0.4, -0.2) is 18.5 Å². The molecule has 3 rings (SSSR count). The molecular formula is C21H22F4O2S. The van der Waals surface area contributed by atoms with Crippen molar-refractivity contribution in [1.82, 2.24) is 0 Å². The van der Waals surface area contributed by atoms with Gasteiger partial charge in [0, 0.05) is 22.3 Å². The lowest BCUT2D eigenvalue weighted by molar-refractivity contribution is -0.205. The molecular weight excluding hydrogens is 392 g/mol. The highest BCUT2D eigenvalue weighted by Crippen LogP contribution is 2.33. The van der Waals surface area contributed by atoms with Gasteiger partial charge in [-0.25, -0.2) is 17.6 Å². The van der Waals surface area contributed by atoms with Crippen molar-refractivity contribution < 1.29 is 27.0 Å². The van der Waals surface area contributed by atoms with Crippen molar-refractivity contribution >= 4 is 12.6 Å². The van der Waals surface area contributed by atoms with Crippen LogP contribution in [0.5, 0.6) is 0 Å². The Balaban J connectivity index is 1.75. The number of alkyl halides is 1. The molecule has 0 spiro atoms. The van der Waals surface area contributed by atoms with Gasteiger partial charge in [0.05, 0.1) is 18.8 Å². The first-order valence-electron chi connectivity index (χ1n) is 9.19. The van der Waals surface area contributed by atoms with Gasteiger partial charge in [-0.2, -0.15) is 12.6 Å². The monoisotopic (exact) mass is 414 g/mol. The Morgan fingerprint density at radius 3 is 2.21 bits per heavy atom. The van der Waals surface area contributed by atoms with Gasteiger partial charge in [0.2, 0.25) is 0 Å². The topological polar surface area (TPSA) is 18.5 Å². The maximum absolute atomic E-state index is 14.6. The molecule has 2 aromatic carbocycles. The minimum atomic E-state index is -1.26. The summed E-state index contributed by atoms with van der Waals surface area (Å²) in [6, 6.07) is 6.07. The molecule has 0 saturated carbocycles. The SMILES string of the molecule is CCCC(S)C1COC(c2ccc(-c3cc(F)c(CF)c(F)c3)c(F)c2)OC1. The van der Waals surface area contributed by atoms with Crippen LogP contribution in [0.1, 0.15) is 37.2 Å². The number of halogens is 4. The third-order valence-corrected chi connectivity index (χ3v) is 5.58. The Morgan fingerprint density at radius 1 is 1.04 bits per heavy atom. The molecule has 1 aliphatic rings. The lowest BCUT2D eigenvalue weighted by atomic mass is 10.00. The van der Waals surface area contributed by atoms with E-state index in [4.69, 9.17) is 9.47 Å². The molecule has 1 unspecified atom stereocenters. The highest BCUT2D eigenvalue weighted by molar-refractivity contribution is 7.81. The smallest absolute Gasteiger partial charge is 0.183 e. The van der Waals surface area contributed by atoms with Crippen LogP contribution < -0.4 is 0 Å². The maximum atomic E-state index is 14.6. The molecule has 0 bridgehead atoms. The number of benzene rings is 2. The summed E-state index contributed by atoms with van der Waals surface area (Å²) in [5.74, 6) is -2.58. The first-order valence-corrected chi connectivity index (χ1v) is 9.71. The van der Waals surface area contributed by atoms with Crippen molar-refractivity contribution in [1.29, 1.82) is 0 Å². The maximum Gasteiger partial charge on any atom is 0.183 e. The summed E-state index contributed by atoms with van der Waals surface area (Å²) in [7, 11) is 0. The van der Waals surface area contributed by atoms with Crippen LogP contribution in [0.2, 0.25) is 0 Å². The van der Waals surface area contributed by atoms with Gasteiger partial charge in [-0.05, 0) is 30.2 Å². The van der Waals surface area contributed by atoms with E-state index in [1.807, 2.05) is 0 Å². The zero-order chi connectivity index (χ0) is 20.3. The second-order valence-corrected chi connectivity index (χ2v) is 7.57. The van der Waals surface area contributed by atoms with E-state index in [1.54, 1.807) is 6.07 Å². The van der Waals surface area contributed by atoms with Gasteiger partial charge in [-0.1, -0.05) is 25.5 Å². The predicted molar refractivity (Wildman–Crippen MR) is 102 cm³/mol. The second kappa shape index (κ2) is 9.29. The molecule has 28 heavy (non-hydrogen) atoms. The zero-order valence-corrected chi connectivity index (χ0v) is 16.3. The van der Waals surface area contributed by atoms with Crippen LogP contribution >= 0.6 is 12.6 Å². The third-order valence-electron chi connectivity index (χ3n) is 4.90.